The van der Waals surface area contributed by atoms with E-state index in [-0.39, 0.29) is 5.91 Å². The van der Waals surface area contributed by atoms with Gasteiger partial charge in [0.2, 0.25) is 5.91 Å². The second kappa shape index (κ2) is 8.07. The van der Waals surface area contributed by atoms with Crippen molar-refractivity contribution in [2.24, 2.45) is 5.73 Å². The fourth-order valence-electron chi connectivity index (χ4n) is 1.90. The number of carbonyl (C=O) groups excluding carboxylic acids is 1. The molecule has 110 valence electrons. The molecular weight excluding hydrogens is 264 g/mol. The zero-order valence-electron chi connectivity index (χ0n) is 11.9. The molecule has 4 heteroatoms. The van der Waals surface area contributed by atoms with Gasteiger partial charge in [0, 0.05) is 13.1 Å². The number of rotatable bonds is 7. The Bertz CT molecular complexity index is 553. The molecule has 0 saturated heterocycles. The molecule has 1 amide bonds. The Kier molecular flexibility index (Phi) is 5.79. The first kappa shape index (κ1) is 15.1. The van der Waals surface area contributed by atoms with Crippen molar-refractivity contribution in [3.05, 3.63) is 65.7 Å². The van der Waals surface area contributed by atoms with Crippen molar-refractivity contribution in [3.8, 4) is 5.75 Å². The zero-order valence-corrected chi connectivity index (χ0v) is 11.9. The van der Waals surface area contributed by atoms with Crippen molar-refractivity contribution in [2.45, 2.75) is 13.0 Å². The number of amides is 1. The maximum absolute atomic E-state index is 11.6. The average molecular weight is 284 g/mol. The van der Waals surface area contributed by atoms with Gasteiger partial charge in [0.05, 0.1) is 6.42 Å². The minimum absolute atomic E-state index is 0.0154. The third-order valence-electron chi connectivity index (χ3n) is 3.00. The molecule has 0 aliphatic carbocycles. The van der Waals surface area contributed by atoms with Crippen LogP contribution in [0.3, 0.4) is 0 Å². The molecule has 2 aromatic carbocycles. The Hall–Kier alpha value is -2.33. The van der Waals surface area contributed by atoms with Crippen molar-refractivity contribution < 1.29 is 9.53 Å². The SMILES string of the molecule is NCCNC(=O)Cc1ccc(OCc2ccccc2)cc1. The number of hydrogen-bond donors (Lipinski definition) is 2. The van der Waals surface area contributed by atoms with Crippen molar-refractivity contribution in [2.75, 3.05) is 13.1 Å². The van der Waals surface area contributed by atoms with Crippen LogP contribution in [-0.2, 0) is 17.8 Å². The van der Waals surface area contributed by atoms with E-state index in [9.17, 15) is 4.79 Å². The van der Waals surface area contributed by atoms with Crippen molar-refractivity contribution in [3.63, 3.8) is 0 Å². The predicted molar refractivity (Wildman–Crippen MR) is 83.0 cm³/mol. The van der Waals surface area contributed by atoms with E-state index in [0.717, 1.165) is 16.9 Å². The predicted octanol–water partition coefficient (Wildman–Crippen LogP) is 1.88. The van der Waals surface area contributed by atoms with Crippen molar-refractivity contribution in [1.82, 2.24) is 5.32 Å². The lowest BCUT2D eigenvalue weighted by Gasteiger charge is -2.07. The van der Waals surface area contributed by atoms with Gasteiger partial charge >= 0.3 is 0 Å². The highest BCUT2D eigenvalue weighted by molar-refractivity contribution is 5.78. The Morgan fingerprint density at radius 1 is 1.00 bits per heavy atom. The van der Waals surface area contributed by atoms with Gasteiger partial charge in [-0.1, -0.05) is 42.5 Å². The minimum atomic E-state index is -0.0154. The van der Waals surface area contributed by atoms with E-state index in [1.54, 1.807) is 0 Å². The molecule has 0 aliphatic heterocycles. The minimum Gasteiger partial charge on any atom is -0.489 e. The number of carbonyl (C=O) groups is 1. The summed E-state index contributed by atoms with van der Waals surface area (Å²) < 4.78 is 5.70. The van der Waals surface area contributed by atoms with Gasteiger partial charge in [-0.15, -0.1) is 0 Å². The summed E-state index contributed by atoms with van der Waals surface area (Å²) in [5.41, 5.74) is 7.42. The third-order valence-corrected chi connectivity index (χ3v) is 3.00. The Balaban J connectivity index is 1.83. The average Bonchev–Trinajstić information content (AvgIpc) is 2.53. The Morgan fingerprint density at radius 2 is 1.71 bits per heavy atom. The van der Waals surface area contributed by atoms with E-state index < -0.39 is 0 Å². The highest BCUT2D eigenvalue weighted by Gasteiger charge is 2.03. The molecule has 4 nitrogen and oxygen atoms in total. The van der Waals surface area contributed by atoms with E-state index in [0.29, 0.717) is 26.1 Å². The molecule has 0 aromatic heterocycles. The first-order valence-electron chi connectivity index (χ1n) is 7.00. The second-order valence-corrected chi connectivity index (χ2v) is 4.73. The summed E-state index contributed by atoms with van der Waals surface area (Å²) >= 11 is 0. The largest absolute Gasteiger partial charge is 0.489 e. The fraction of sp³-hybridized carbons (Fsp3) is 0.235. The number of hydrogen-bond acceptors (Lipinski definition) is 3. The van der Waals surface area contributed by atoms with Crippen LogP contribution in [0.4, 0.5) is 0 Å². The summed E-state index contributed by atoms with van der Waals surface area (Å²) in [7, 11) is 0. The summed E-state index contributed by atoms with van der Waals surface area (Å²) in [5, 5.41) is 2.75. The van der Waals surface area contributed by atoms with Gasteiger partial charge < -0.3 is 15.8 Å². The van der Waals surface area contributed by atoms with Gasteiger partial charge in [-0.05, 0) is 23.3 Å². The van der Waals surface area contributed by atoms with Crippen LogP contribution in [0.2, 0.25) is 0 Å². The van der Waals surface area contributed by atoms with Gasteiger partial charge in [-0.3, -0.25) is 4.79 Å². The Morgan fingerprint density at radius 3 is 2.38 bits per heavy atom. The summed E-state index contributed by atoms with van der Waals surface area (Å²) in [5.74, 6) is 0.781. The molecule has 0 heterocycles. The molecule has 0 fully saturated rings. The molecule has 2 rings (SSSR count). The van der Waals surface area contributed by atoms with Crippen LogP contribution in [0.1, 0.15) is 11.1 Å². The zero-order chi connectivity index (χ0) is 14.9. The Labute approximate surface area is 124 Å². The van der Waals surface area contributed by atoms with Crippen LogP contribution >= 0.6 is 0 Å². The highest BCUT2D eigenvalue weighted by Crippen LogP contribution is 2.14. The lowest BCUT2D eigenvalue weighted by atomic mass is 10.1. The maximum atomic E-state index is 11.6. The van der Waals surface area contributed by atoms with Crippen molar-refractivity contribution in [1.29, 1.82) is 0 Å². The quantitative estimate of drug-likeness (QED) is 0.816. The first-order chi connectivity index (χ1) is 10.3. The fourth-order valence-corrected chi connectivity index (χ4v) is 1.90. The highest BCUT2D eigenvalue weighted by atomic mass is 16.5. The number of ether oxygens (including phenoxy) is 1. The number of nitrogens with two attached hydrogens (primary N) is 1. The summed E-state index contributed by atoms with van der Waals surface area (Å²) in [6, 6.07) is 17.6. The van der Waals surface area contributed by atoms with Crippen LogP contribution in [-0.4, -0.2) is 19.0 Å². The van der Waals surface area contributed by atoms with Gasteiger partial charge in [-0.2, -0.15) is 0 Å². The lowest BCUT2D eigenvalue weighted by molar-refractivity contribution is -0.120. The van der Waals surface area contributed by atoms with Crippen molar-refractivity contribution >= 4 is 5.91 Å². The van der Waals surface area contributed by atoms with Gasteiger partial charge in [0.1, 0.15) is 12.4 Å². The lowest BCUT2D eigenvalue weighted by Crippen LogP contribution is -2.30. The molecule has 0 bridgehead atoms. The molecule has 0 atom stereocenters. The molecule has 0 aliphatic rings. The third kappa shape index (κ3) is 5.28. The second-order valence-electron chi connectivity index (χ2n) is 4.73. The molecule has 3 N–H and O–H groups in total. The molecular formula is C17H20N2O2. The summed E-state index contributed by atoms with van der Waals surface area (Å²) in [6.45, 7) is 1.51. The molecule has 2 aromatic rings. The van der Waals surface area contributed by atoms with Gasteiger partial charge in [-0.25, -0.2) is 0 Å². The van der Waals surface area contributed by atoms with E-state index in [1.165, 1.54) is 0 Å². The topological polar surface area (TPSA) is 64.3 Å². The molecule has 0 unspecified atom stereocenters. The standard InChI is InChI=1S/C17H20N2O2/c18-10-11-19-17(20)12-14-6-8-16(9-7-14)21-13-15-4-2-1-3-5-15/h1-9H,10-13,18H2,(H,19,20). The smallest absolute Gasteiger partial charge is 0.224 e. The van der Waals surface area contributed by atoms with Crippen LogP contribution in [0.15, 0.2) is 54.6 Å². The monoisotopic (exact) mass is 284 g/mol. The summed E-state index contributed by atoms with van der Waals surface area (Å²) in [4.78, 5) is 11.6. The summed E-state index contributed by atoms with van der Waals surface area (Å²) in [6.07, 6.45) is 0.360. The van der Waals surface area contributed by atoms with Crippen LogP contribution in [0.25, 0.3) is 0 Å². The molecule has 0 radical (unpaired) electrons. The normalized spacial score (nSPS) is 10.1. The van der Waals surface area contributed by atoms with Crippen LogP contribution < -0.4 is 15.8 Å². The van der Waals surface area contributed by atoms with E-state index in [2.05, 4.69) is 5.32 Å². The van der Waals surface area contributed by atoms with E-state index in [1.807, 2.05) is 54.6 Å². The first-order valence-corrected chi connectivity index (χ1v) is 7.00. The number of nitrogens with one attached hydrogen (secondary N) is 1. The van der Waals surface area contributed by atoms with Crippen LogP contribution in [0.5, 0.6) is 5.75 Å². The van der Waals surface area contributed by atoms with Crippen LogP contribution in [0, 0.1) is 0 Å². The molecule has 0 saturated carbocycles. The molecule has 0 spiro atoms. The number of benzene rings is 2. The van der Waals surface area contributed by atoms with E-state index in [4.69, 9.17) is 10.5 Å². The molecule has 21 heavy (non-hydrogen) atoms. The van der Waals surface area contributed by atoms with Gasteiger partial charge in [0.15, 0.2) is 0 Å². The van der Waals surface area contributed by atoms with E-state index >= 15 is 0 Å². The maximum Gasteiger partial charge on any atom is 0.224 e. The van der Waals surface area contributed by atoms with Gasteiger partial charge in [0.25, 0.3) is 0 Å².